The van der Waals surface area contributed by atoms with Crippen molar-refractivity contribution in [3.8, 4) is 0 Å². The van der Waals surface area contributed by atoms with Crippen molar-refractivity contribution in [3.05, 3.63) is 69.5 Å². The second-order valence-corrected chi connectivity index (χ2v) is 10.6. The van der Waals surface area contributed by atoms with Gasteiger partial charge in [-0.05, 0) is 79.5 Å². The van der Waals surface area contributed by atoms with Gasteiger partial charge in [0.2, 0.25) is 5.91 Å². The number of hydrogen-bond donors (Lipinski definition) is 2. The van der Waals surface area contributed by atoms with E-state index in [4.69, 9.17) is 21.7 Å². The molecule has 36 heavy (non-hydrogen) atoms. The molecular formula is C29H36ClN3O3. The summed E-state index contributed by atoms with van der Waals surface area (Å²) in [5, 5.41) is 13.2. The van der Waals surface area contributed by atoms with Crippen LogP contribution in [0.1, 0.15) is 68.3 Å². The maximum Gasteiger partial charge on any atom is 0.304 e. The van der Waals surface area contributed by atoms with Crippen molar-refractivity contribution in [2.75, 3.05) is 19.6 Å². The molecule has 7 heteroatoms. The first-order chi connectivity index (χ1) is 17.3. The molecular weight excluding hydrogens is 474 g/mol. The Morgan fingerprint density at radius 2 is 1.86 bits per heavy atom. The number of aromatic nitrogens is 1. The van der Waals surface area contributed by atoms with Crippen molar-refractivity contribution < 1.29 is 14.7 Å². The van der Waals surface area contributed by atoms with Gasteiger partial charge in [0.05, 0.1) is 12.1 Å². The van der Waals surface area contributed by atoms with E-state index in [0.717, 1.165) is 36.4 Å². The van der Waals surface area contributed by atoms with Gasteiger partial charge in [0.15, 0.2) is 0 Å². The van der Waals surface area contributed by atoms with Crippen molar-refractivity contribution in [2.45, 2.75) is 64.8 Å². The molecule has 0 radical (unpaired) electrons. The SMILES string of the molecule is CC(C)C(CC(=O)O)NCCCC(=O)N1CCC(=C2c3ccc(Cl)cc3CCc3cccnc32)CC1. The highest BCUT2D eigenvalue weighted by atomic mass is 35.5. The smallest absolute Gasteiger partial charge is 0.304 e. The Labute approximate surface area is 218 Å². The molecule has 1 fully saturated rings. The second-order valence-electron chi connectivity index (χ2n) is 10.2. The summed E-state index contributed by atoms with van der Waals surface area (Å²) in [6.07, 6.45) is 6.71. The Morgan fingerprint density at radius 3 is 2.58 bits per heavy atom. The number of nitrogens with zero attached hydrogens (tertiary/aromatic N) is 2. The van der Waals surface area contributed by atoms with Crippen LogP contribution < -0.4 is 5.32 Å². The molecule has 2 aliphatic rings. The predicted octanol–water partition coefficient (Wildman–Crippen LogP) is 5.13. The average molecular weight is 510 g/mol. The Morgan fingerprint density at radius 1 is 1.11 bits per heavy atom. The molecule has 0 spiro atoms. The van der Waals surface area contributed by atoms with Crippen LogP contribution in [0.15, 0.2) is 42.1 Å². The number of carbonyl (C=O) groups is 2. The molecule has 2 heterocycles. The maximum absolute atomic E-state index is 12.9. The minimum absolute atomic E-state index is 0.0735. The molecule has 4 rings (SSSR count). The molecule has 6 nitrogen and oxygen atoms in total. The molecule has 1 aliphatic heterocycles. The third-order valence-corrected chi connectivity index (χ3v) is 7.61. The van der Waals surface area contributed by atoms with Crippen LogP contribution in [-0.2, 0) is 22.4 Å². The molecule has 0 saturated carbocycles. The number of carbonyl (C=O) groups excluding carboxylic acids is 1. The van der Waals surface area contributed by atoms with E-state index in [1.165, 1.54) is 27.8 Å². The first-order valence-electron chi connectivity index (χ1n) is 13.0. The summed E-state index contributed by atoms with van der Waals surface area (Å²) in [6.45, 7) is 6.10. The first-order valence-corrected chi connectivity index (χ1v) is 13.4. The van der Waals surface area contributed by atoms with Gasteiger partial charge in [0.1, 0.15) is 0 Å². The number of aliphatic carboxylic acids is 1. The first kappa shape index (κ1) is 26.4. The summed E-state index contributed by atoms with van der Waals surface area (Å²) in [5.74, 6) is -0.394. The zero-order chi connectivity index (χ0) is 25.7. The fourth-order valence-electron chi connectivity index (χ4n) is 5.33. The van der Waals surface area contributed by atoms with E-state index in [0.29, 0.717) is 32.5 Å². The largest absolute Gasteiger partial charge is 0.481 e. The van der Waals surface area contributed by atoms with Gasteiger partial charge in [-0.15, -0.1) is 0 Å². The summed E-state index contributed by atoms with van der Waals surface area (Å²) in [6, 6.07) is 10.3. The van der Waals surface area contributed by atoms with Crippen LogP contribution in [-0.4, -0.2) is 52.5 Å². The molecule has 1 amide bonds. The molecule has 1 aromatic heterocycles. The van der Waals surface area contributed by atoms with Gasteiger partial charge in [-0.2, -0.15) is 0 Å². The Kier molecular flexibility index (Phi) is 8.81. The molecule has 1 saturated heterocycles. The molecule has 0 bridgehead atoms. The number of pyridine rings is 1. The van der Waals surface area contributed by atoms with Crippen molar-refractivity contribution >= 4 is 29.1 Å². The van der Waals surface area contributed by atoms with Crippen molar-refractivity contribution in [2.24, 2.45) is 5.92 Å². The zero-order valence-electron chi connectivity index (χ0n) is 21.2. The molecule has 1 unspecified atom stereocenters. The lowest BCUT2D eigenvalue weighted by Crippen LogP contribution is -2.38. The van der Waals surface area contributed by atoms with E-state index >= 15 is 0 Å². The third-order valence-electron chi connectivity index (χ3n) is 7.37. The normalized spacial score (nSPS) is 16.4. The minimum atomic E-state index is -0.798. The minimum Gasteiger partial charge on any atom is -0.481 e. The van der Waals surface area contributed by atoms with Gasteiger partial charge in [0, 0.05) is 42.3 Å². The van der Waals surface area contributed by atoms with Gasteiger partial charge < -0.3 is 15.3 Å². The van der Waals surface area contributed by atoms with Crippen LogP contribution in [0.5, 0.6) is 0 Å². The molecule has 2 aromatic rings. The number of nitrogens with one attached hydrogen (secondary N) is 1. The lowest BCUT2D eigenvalue weighted by atomic mass is 9.88. The number of benzene rings is 1. The van der Waals surface area contributed by atoms with Crippen LogP contribution in [0.2, 0.25) is 5.02 Å². The quantitative estimate of drug-likeness (QED) is 0.482. The van der Waals surface area contributed by atoms with Crippen molar-refractivity contribution in [1.82, 2.24) is 15.2 Å². The van der Waals surface area contributed by atoms with Crippen LogP contribution in [0.4, 0.5) is 0 Å². The summed E-state index contributed by atoms with van der Waals surface area (Å²) in [7, 11) is 0. The van der Waals surface area contributed by atoms with E-state index < -0.39 is 5.97 Å². The number of fused-ring (bicyclic) bond motifs is 2. The second kappa shape index (κ2) is 12.0. The van der Waals surface area contributed by atoms with E-state index in [2.05, 4.69) is 23.5 Å². The molecule has 192 valence electrons. The monoisotopic (exact) mass is 509 g/mol. The van der Waals surface area contributed by atoms with Crippen LogP contribution in [0.3, 0.4) is 0 Å². The number of rotatable bonds is 8. The van der Waals surface area contributed by atoms with Gasteiger partial charge in [-0.25, -0.2) is 0 Å². The van der Waals surface area contributed by atoms with Gasteiger partial charge in [0.25, 0.3) is 0 Å². The van der Waals surface area contributed by atoms with E-state index in [-0.39, 0.29) is 24.3 Å². The summed E-state index contributed by atoms with van der Waals surface area (Å²) in [4.78, 5) is 30.7. The lowest BCUT2D eigenvalue weighted by molar-refractivity contribution is -0.138. The number of carboxylic acid groups (broad SMARTS) is 1. The Hall–Kier alpha value is -2.70. The number of piperidine rings is 1. The number of hydrogen-bond acceptors (Lipinski definition) is 4. The third kappa shape index (κ3) is 6.34. The summed E-state index contributed by atoms with van der Waals surface area (Å²) < 4.78 is 0. The topological polar surface area (TPSA) is 82.5 Å². The van der Waals surface area contributed by atoms with E-state index in [1.54, 1.807) is 0 Å². The van der Waals surface area contributed by atoms with Gasteiger partial charge in [-0.3, -0.25) is 14.6 Å². The highest BCUT2D eigenvalue weighted by Crippen LogP contribution is 2.38. The number of likely N-dealkylation sites (tertiary alicyclic amines) is 1. The number of aryl methyl sites for hydroxylation is 2. The summed E-state index contributed by atoms with van der Waals surface area (Å²) in [5.41, 5.74) is 7.40. The van der Waals surface area contributed by atoms with E-state index in [1.807, 2.05) is 37.1 Å². The fourth-order valence-corrected chi connectivity index (χ4v) is 5.52. The van der Waals surface area contributed by atoms with Crippen LogP contribution in [0.25, 0.3) is 5.57 Å². The van der Waals surface area contributed by atoms with E-state index in [9.17, 15) is 9.59 Å². The number of carboxylic acids is 1. The summed E-state index contributed by atoms with van der Waals surface area (Å²) >= 11 is 6.33. The van der Waals surface area contributed by atoms with Crippen LogP contribution in [0, 0.1) is 5.92 Å². The lowest BCUT2D eigenvalue weighted by Gasteiger charge is -2.30. The van der Waals surface area contributed by atoms with Crippen molar-refractivity contribution in [1.29, 1.82) is 0 Å². The zero-order valence-corrected chi connectivity index (χ0v) is 22.0. The highest BCUT2D eigenvalue weighted by Gasteiger charge is 2.26. The Bertz CT molecular complexity index is 1130. The van der Waals surface area contributed by atoms with Gasteiger partial charge in [-0.1, -0.05) is 43.2 Å². The molecule has 1 aliphatic carbocycles. The standard InChI is InChI=1S/C29H36ClN3O3/c1-19(2)25(18-27(35)36)31-13-4-6-26(34)33-15-11-20(12-16-33)28-24-10-9-23(30)17-22(24)8-7-21-5-3-14-32-29(21)28/h3,5,9-10,14,17,19,25,31H,4,6-8,11-13,15-16,18H2,1-2H3,(H,35,36). The number of halogens is 1. The Balaban J connectivity index is 1.41. The maximum atomic E-state index is 12.9. The average Bonchev–Trinajstić information content (AvgIpc) is 3.02. The fraction of sp³-hybridized carbons (Fsp3) is 0.483. The number of amides is 1. The van der Waals surface area contributed by atoms with Crippen LogP contribution >= 0.6 is 11.6 Å². The molecule has 1 aromatic carbocycles. The highest BCUT2D eigenvalue weighted by molar-refractivity contribution is 6.30. The molecule has 1 atom stereocenters. The molecule has 2 N–H and O–H groups in total. The van der Waals surface area contributed by atoms with Crippen molar-refractivity contribution in [3.63, 3.8) is 0 Å². The van der Waals surface area contributed by atoms with Gasteiger partial charge >= 0.3 is 5.97 Å². The predicted molar refractivity (Wildman–Crippen MR) is 143 cm³/mol.